The molecule has 0 radical (unpaired) electrons. The molecule has 2 aromatic rings. The van der Waals surface area contributed by atoms with Gasteiger partial charge >= 0.3 is 6.61 Å². The summed E-state index contributed by atoms with van der Waals surface area (Å²) in [5.74, 6) is -0.251. The molecule has 0 aliphatic heterocycles. The van der Waals surface area contributed by atoms with Crippen LogP contribution >= 0.6 is 11.6 Å². The normalized spacial score (nSPS) is 10.0. The molecule has 118 valence electrons. The topological polar surface area (TPSA) is 42.2 Å². The van der Waals surface area contributed by atoms with Gasteiger partial charge in [0.15, 0.2) is 6.20 Å². The molecule has 0 aliphatic rings. The van der Waals surface area contributed by atoms with Crippen LogP contribution in [0.1, 0.15) is 0 Å². The molecule has 2 rings (SSSR count). The minimum atomic E-state index is -2.87. The molecule has 0 saturated heterocycles. The summed E-state index contributed by atoms with van der Waals surface area (Å²) in [6.07, 6.45) is 1.68. The molecular formula is C14H12Cl2F2N2O2. The Labute approximate surface area is 137 Å². The highest BCUT2D eigenvalue weighted by Crippen LogP contribution is 2.17. The Balaban J connectivity index is 0.00000242. The lowest BCUT2D eigenvalue weighted by Gasteiger charge is -2.06. The number of pyridine rings is 1. The third-order valence-corrected chi connectivity index (χ3v) is 2.91. The molecule has 1 heterocycles. The fraction of sp³-hybridized carbons (Fsp3) is 0.143. The van der Waals surface area contributed by atoms with Crippen molar-refractivity contribution in [3.63, 3.8) is 0 Å². The number of rotatable bonds is 5. The summed E-state index contributed by atoms with van der Waals surface area (Å²) in [7, 11) is 0. The first-order valence-corrected chi connectivity index (χ1v) is 6.41. The van der Waals surface area contributed by atoms with Gasteiger partial charge in [-0.2, -0.15) is 13.3 Å². The van der Waals surface area contributed by atoms with Crippen molar-refractivity contribution in [2.24, 2.45) is 0 Å². The molecule has 0 bridgehead atoms. The monoisotopic (exact) mass is 348 g/mol. The average Bonchev–Trinajstić information content (AvgIpc) is 2.43. The third-order valence-electron chi connectivity index (χ3n) is 2.56. The number of anilines is 1. The molecule has 1 aromatic heterocycles. The van der Waals surface area contributed by atoms with Crippen LogP contribution in [0.3, 0.4) is 0 Å². The zero-order valence-corrected chi connectivity index (χ0v) is 12.7. The van der Waals surface area contributed by atoms with Crippen LogP contribution in [0.2, 0.25) is 5.15 Å². The number of carbonyl (C=O) groups is 1. The first kappa shape index (κ1) is 18.1. The summed E-state index contributed by atoms with van der Waals surface area (Å²) in [5, 5.41) is 3.07. The van der Waals surface area contributed by atoms with E-state index in [9.17, 15) is 13.6 Å². The summed E-state index contributed by atoms with van der Waals surface area (Å²) in [6, 6.07) is 10.9. The van der Waals surface area contributed by atoms with Crippen LogP contribution in [-0.4, -0.2) is 12.5 Å². The van der Waals surface area contributed by atoms with Crippen molar-refractivity contribution in [2.75, 3.05) is 5.32 Å². The lowest BCUT2D eigenvalue weighted by atomic mass is 10.3. The van der Waals surface area contributed by atoms with E-state index in [4.69, 9.17) is 11.6 Å². The van der Waals surface area contributed by atoms with E-state index >= 15 is 0 Å². The molecule has 22 heavy (non-hydrogen) atoms. The zero-order chi connectivity index (χ0) is 15.2. The van der Waals surface area contributed by atoms with E-state index in [2.05, 4.69) is 10.1 Å². The molecule has 0 aliphatic carbocycles. The maximum atomic E-state index is 12.0. The lowest BCUT2D eigenvalue weighted by molar-refractivity contribution is -0.681. The summed E-state index contributed by atoms with van der Waals surface area (Å²) in [4.78, 5) is 11.9. The second-order valence-electron chi connectivity index (χ2n) is 4.10. The van der Waals surface area contributed by atoms with Gasteiger partial charge in [0.05, 0.1) is 0 Å². The number of amides is 1. The Morgan fingerprint density at radius 2 is 1.91 bits per heavy atom. The number of nitrogens with zero attached hydrogens (tertiary/aromatic N) is 1. The highest BCUT2D eigenvalue weighted by Gasteiger charge is 2.13. The summed E-state index contributed by atoms with van der Waals surface area (Å²) in [6.45, 7) is -2.82. The minimum Gasteiger partial charge on any atom is -1.00 e. The largest absolute Gasteiger partial charge is 1.00 e. The maximum absolute atomic E-state index is 12.0. The summed E-state index contributed by atoms with van der Waals surface area (Å²) in [5.41, 5.74) is 0.481. The van der Waals surface area contributed by atoms with Crippen LogP contribution in [0.5, 0.6) is 5.75 Å². The van der Waals surface area contributed by atoms with Crippen molar-refractivity contribution >= 4 is 23.2 Å². The molecular weight excluding hydrogens is 337 g/mol. The van der Waals surface area contributed by atoms with Gasteiger partial charge in [0.25, 0.3) is 11.1 Å². The highest BCUT2D eigenvalue weighted by atomic mass is 35.5. The molecule has 1 aromatic carbocycles. The Kier molecular flexibility index (Phi) is 7.01. The van der Waals surface area contributed by atoms with Crippen molar-refractivity contribution in [3.8, 4) is 5.75 Å². The van der Waals surface area contributed by atoms with Crippen molar-refractivity contribution in [1.82, 2.24) is 0 Å². The Morgan fingerprint density at radius 3 is 2.50 bits per heavy atom. The number of nitrogens with one attached hydrogen (secondary N) is 1. The van der Waals surface area contributed by atoms with Crippen molar-refractivity contribution in [2.45, 2.75) is 13.2 Å². The molecule has 0 unspecified atom stereocenters. The lowest BCUT2D eigenvalue weighted by Crippen LogP contribution is -3.00. The van der Waals surface area contributed by atoms with Crippen molar-refractivity contribution in [1.29, 1.82) is 0 Å². The van der Waals surface area contributed by atoms with Crippen LogP contribution in [0.4, 0.5) is 14.5 Å². The first-order chi connectivity index (χ1) is 10.0. The molecule has 4 nitrogen and oxygen atoms in total. The smallest absolute Gasteiger partial charge is 0.387 e. The van der Waals surface area contributed by atoms with E-state index < -0.39 is 6.61 Å². The predicted molar refractivity (Wildman–Crippen MR) is 73.4 cm³/mol. The van der Waals surface area contributed by atoms with E-state index in [1.165, 1.54) is 24.3 Å². The van der Waals surface area contributed by atoms with E-state index in [0.717, 1.165) is 0 Å². The van der Waals surface area contributed by atoms with Crippen LogP contribution in [0.15, 0.2) is 48.7 Å². The number of alkyl halides is 2. The van der Waals surface area contributed by atoms with Crippen molar-refractivity contribution < 1.29 is 35.3 Å². The fourth-order valence-electron chi connectivity index (χ4n) is 1.66. The van der Waals surface area contributed by atoms with Gasteiger partial charge in [0.1, 0.15) is 5.75 Å². The van der Waals surface area contributed by atoms with Crippen molar-refractivity contribution in [3.05, 3.63) is 53.8 Å². The van der Waals surface area contributed by atoms with Gasteiger partial charge in [-0.05, 0) is 41.9 Å². The molecule has 0 atom stereocenters. The van der Waals surface area contributed by atoms with Crippen LogP contribution in [-0.2, 0) is 11.3 Å². The highest BCUT2D eigenvalue weighted by molar-refractivity contribution is 6.28. The summed E-state index contributed by atoms with van der Waals surface area (Å²) >= 11 is 5.94. The Hall–Kier alpha value is -1.92. The standard InChI is InChI=1S/C14H11ClF2N2O2.ClH/c15-12-3-1-2-8-19(12)9-13(20)18-10-4-6-11(7-5-10)21-14(16)17;/h1-8,14H,9H2;1H. The SMILES string of the molecule is O=C(C[n+]1ccccc1Cl)Nc1ccc(OC(F)F)cc1.[Cl-]. The Morgan fingerprint density at radius 1 is 1.23 bits per heavy atom. The van der Waals surface area contributed by atoms with Gasteiger partial charge in [0.2, 0.25) is 6.54 Å². The molecule has 0 fully saturated rings. The third kappa shape index (κ3) is 5.46. The van der Waals surface area contributed by atoms with E-state index in [1.807, 2.05) is 0 Å². The number of hydrogen-bond acceptors (Lipinski definition) is 2. The zero-order valence-electron chi connectivity index (χ0n) is 11.2. The van der Waals surface area contributed by atoms with E-state index in [-0.39, 0.29) is 30.6 Å². The first-order valence-electron chi connectivity index (χ1n) is 6.03. The van der Waals surface area contributed by atoms with Crippen LogP contribution in [0, 0.1) is 0 Å². The number of halogens is 4. The Bertz CT molecular complexity index is 624. The van der Waals surface area contributed by atoms with Gasteiger partial charge < -0.3 is 22.5 Å². The molecule has 1 amide bonds. The van der Waals surface area contributed by atoms with Gasteiger partial charge in [-0.15, -0.1) is 0 Å². The fourth-order valence-corrected chi connectivity index (χ4v) is 1.85. The number of hydrogen-bond donors (Lipinski definition) is 1. The van der Waals surface area contributed by atoms with Gasteiger partial charge in [-0.25, -0.2) is 0 Å². The molecule has 8 heteroatoms. The van der Waals surface area contributed by atoms with Gasteiger partial charge in [-0.3, -0.25) is 4.79 Å². The minimum absolute atomic E-state index is 0. The number of aromatic nitrogens is 1. The van der Waals surface area contributed by atoms with E-state index in [0.29, 0.717) is 10.8 Å². The second-order valence-corrected chi connectivity index (χ2v) is 4.49. The van der Waals surface area contributed by atoms with Crippen LogP contribution in [0.25, 0.3) is 0 Å². The van der Waals surface area contributed by atoms with Gasteiger partial charge in [0, 0.05) is 17.8 Å². The van der Waals surface area contributed by atoms with Crippen LogP contribution < -0.4 is 27.0 Å². The molecule has 1 N–H and O–H groups in total. The predicted octanol–water partition coefficient (Wildman–Crippen LogP) is -0.128. The maximum Gasteiger partial charge on any atom is 0.387 e. The molecule has 0 spiro atoms. The van der Waals surface area contributed by atoms with Gasteiger partial charge in [-0.1, -0.05) is 0 Å². The molecule has 0 saturated carbocycles. The quantitative estimate of drug-likeness (QED) is 0.604. The number of carbonyl (C=O) groups excluding carboxylic acids is 1. The average molecular weight is 349 g/mol. The number of ether oxygens (including phenoxy) is 1. The van der Waals surface area contributed by atoms with E-state index in [1.54, 1.807) is 29.0 Å². The summed E-state index contributed by atoms with van der Waals surface area (Å²) < 4.78 is 29.8. The number of benzene rings is 1. The second kappa shape index (κ2) is 8.51.